The lowest BCUT2D eigenvalue weighted by molar-refractivity contribution is 0.102. The summed E-state index contributed by atoms with van der Waals surface area (Å²) in [5, 5.41) is 2.81. The molecule has 0 atom stereocenters. The molecule has 0 saturated carbocycles. The van der Waals surface area contributed by atoms with Crippen LogP contribution in [-0.4, -0.2) is 25.6 Å². The molecule has 7 heteroatoms. The van der Waals surface area contributed by atoms with Gasteiger partial charge in [0, 0.05) is 23.1 Å². The van der Waals surface area contributed by atoms with E-state index in [0.717, 1.165) is 5.56 Å². The molecule has 0 aliphatic rings. The van der Waals surface area contributed by atoms with Gasteiger partial charge in [-0.3, -0.25) is 4.79 Å². The van der Waals surface area contributed by atoms with Crippen molar-refractivity contribution in [2.75, 3.05) is 11.6 Å². The largest absolute Gasteiger partial charge is 0.444 e. The molecule has 25 heavy (non-hydrogen) atoms. The Labute approximate surface area is 145 Å². The summed E-state index contributed by atoms with van der Waals surface area (Å²) in [6.45, 7) is 0. The number of nitrogens with zero attached hydrogens (tertiary/aromatic N) is 1. The van der Waals surface area contributed by atoms with Crippen LogP contribution in [0.1, 0.15) is 15.9 Å². The molecule has 3 aromatic rings. The van der Waals surface area contributed by atoms with Crippen LogP contribution in [0.2, 0.25) is 0 Å². The average Bonchev–Trinajstić information content (AvgIpc) is 3.09. The highest BCUT2D eigenvalue weighted by Crippen LogP contribution is 2.22. The molecule has 0 unspecified atom stereocenters. The topological polar surface area (TPSA) is 89.3 Å². The Morgan fingerprint density at radius 1 is 1.16 bits per heavy atom. The Kier molecular flexibility index (Phi) is 4.67. The minimum atomic E-state index is -3.10. The van der Waals surface area contributed by atoms with Gasteiger partial charge in [0.1, 0.15) is 0 Å². The van der Waals surface area contributed by atoms with Crippen molar-refractivity contribution in [3.63, 3.8) is 0 Å². The van der Waals surface area contributed by atoms with Crippen LogP contribution >= 0.6 is 0 Å². The van der Waals surface area contributed by atoms with E-state index < -0.39 is 9.84 Å². The molecule has 1 heterocycles. The number of hydrogen-bond donors (Lipinski definition) is 1. The zero-order chi connectivity index (χ0) is 17.9. The van der Waals surface area contributed by atoms with Gasteiger partial charge in [-0.15, -0.1) is 0 Å². The summed E-state index contributed by atoms with van der Waals surface area (Å²) in [4.78, 5) is 16.2. The minimum Gasteiger partial charge on any atom is -0.444 e. The lowest BCUT2D eigenvalue weighted by Gasteiger charge is -2.07. The first kappa shape index (κ1) is 16.9. The highest BCUT2D eigenvalue weighted by Gasteiger charge is 2.09. The molecule has 6 nitrogen and oxygen atoms in total. The first-order valence-corrected chi connectivity index (χ1v) is 9.54. The van der Waals surface area contributed by atoms with Gasteiger partial charge in [0.25, 0.3) is 5.91 Å². The number of aromatic nitrogens is 1. The molecule has 0 aliphatic heterocycles. The zero-order valence-corrected chi connectivity index (χ0v) is 14.3. The second-order valence-electron chi connectivity index (χ2n) is 5.67. The molecule has 0 spiro atoms. The molecule has 1 aromatic heterocycles. The number of nitrogens with one attached hydrogen (secondary N) is 1. The molecule has 2 aromatic carbocycles. The smallest absolute Gasteiger partial charge is 0.255 e. The third-order valence-electron chi connectivity index (χ3n) is 3.48. The molecule has 1 N–H and O–H groups in total. The number of hydrogen-bond acceptors (Lipinski definition) is 5. The van der Waals surface area contributed by atoms with E-state index in [4.69, 9.17) is 4.42 Å². The minimum absolute atomic E-state index is 0.0475. The van der Waals surface area contributed by atoms with Gasteiger partial charge in [-0.1, -0.05) is 24.3 Å². The standard InChI is InChI=1S/C18H16N2O4S/c1-25(22,23)11-13-5-7-14(8-6-13)18(21)20-16-4-2-3-15(9-16)17-10-19-12-24-17/h2-10,12H,11H2,1H3,(H,20,21). The average molecular weight is 356 g/mol. The van der Waals surface area contributed by atoms with E-state index in [1.165, 1.54) is 12.6 Å². The van der Waals surface area contributed by atoms with Gasteiger partial charge in [-0.25, -0.2) is 13.4 Å². The lowest BCUT2D eigenvalue weighted by atomic mass is 10.1. The van der Waals surface area contributed by atoms with Gasteiger partial charge >= 0.3 is 0 Å². The number of rotatable bonds is 5. The number of amides is 1. The second-order valence-corrected chi connectivity index (χ2v) is 7.81. The molecule has 3 rings (SSSR count). The second kappa shape index (κ2) is 6.90. The van der Waals surface area contributed by atoms with Crippen molar-refractivity contribution in [3.8, 4) is 11.3 Å². The van der Waals surface area contributed by atoms with Crippen molar-refractivity contribution < 1.29 is 17.6 Å². The van der Waals surface area contributed by atoms with Crippen molar-refractivity contribution in [1.82, 2.24) is 4.98 Å². The summed E-state index contributed by atoms with van der Waals surface area (Å²) in [5.74, 6) is 0.288. The highest BCUT2D eigenvalue weighted by molar-refractivity contribution is 7.89. The zero-order valence-electron chi connectivity index (χ0n) is 13.5. The van der Waals surface area contributed by atoms with Gasteiger partial charge in [-0.05, 0) is 29.8 Å². The Balaban J connectivity index is 1.73. The number of sulfone groups is 1. The number of carbonyl (C=O) groups is 1. The van der Waals surface area contributed by atoms with E-state index in [1.54, 1.807) is 42.6 Å². The van der Waals surface area contributed by atoms with E-state index in [2.05, 4.69) is 10.3 Å². The molecule has 0 aliphatic carbocycles. The maximum atomic E-state index is 12.3. The third kappa shape index (κ3) is 4.54. The lowest BCUT2D eigenvalue weighted by Crippen LogP contribution is -2.12. The van der Waals surface area contributed by atoms with Crippen LogP contribution in [0, 0.1) is 0 Å². The van der Waals surface area contributed by atoms with E-state index in [0.29, 0.717) is 22.6 Å². The molecule has 1 amide bonds. The highest BCUT2D eigenvalue weighted by atomic mass is 32.2. The van der Waals surface area contributed by atoms with Crippen LogP contribution in [0.25, 0.3) is 11.3 Å². The van der Waals surface area contributed by atoms with Crippen molar-refractivity contribution >= 4 is 21.4 Å². The maximum Gasteiger partial charge on any atom is 0.255 e. The number of anilines is 1. The fraction of sp³-hybridized carbons (Fsp3) is 0.111. The van der Waals surface area contributed by atoms with Crippen LogP contribution in [0.15, 0.2) is 65.5 Å². The summed E-state index contributed by atoms with van der Waals surface area (Å²) in [6, 6.07) is 13.7. The Bertz CT molecular complexity index is 978. The summed E-state index contributed by atoms with van der Waals surface area (Å²) in [7, 11) is -3.10. The van der Waals surface area contributed by atoms with E-state index >= 15 is 0 Å². The number of carbonyl (C=O) groups excluding carboxylic acids is 1. The predicted octanol–water partition coefficient (Wildman–Crippen LogP) is 3.14. The van der Waals surface area contributed by atoms with Crippen molar-refractivity contribution in [1.29, 1.82) is 0 Å². The molecule has 0 saturated heterocycles. The summed E-state index contributed by atoms with van der Waals surface area (Å²) >= 11 is 0. The van der Waals surface area contributed by atoms with Gasteiger partial charge in [0.2, 0.25) is 0 Å². The number of oxazole rings is 1. The van der Waals surface area contributed by atoms with Gasteiger partial charge in [0.05, 0.1) is 11.9 Å². The molecular formula is C18H16N2O4S. The Morgan fingerprint density at radius 3 is 2.56 bits per heavy atom. The van der Waals surface area contributed by atoms with E-state index in [9.17, 15) is 13.2 Å². The van der Waals surface area contributed by atoms with E-state index in [1.807, 2.05) is 12.1 Å². The predicted molar refractivity (Wildman–Crippen MR) is 94.9 cm³/mol. The van der Waals surface area contributed by atoms with E-state index in [-0.39, 0.29) is 11.7 Å². The number of benzene rings is 2. The molecule has 0 fully saturated rings. The normalized spacial score (nSPS) is 11.2. The van der Waals surface area contributed by atoms with Crippen LogP contribution in [0.3, 0.4) is 0 Å². The third-order valence-corrected chi connectivity index (χ3v) is 4.34. The molecule has 128 valence electrons. The summed E-state index contributed by atoms with van der Waals surface area (Å²) in [5.41, 5.74) is 2.52. The fourth-order valence-corrected chi connectivity index (χ4v) is 3.16. The molecular weight excluding hydrogens is 340 g/mol. The van der Waals surface area contributed by atoms with Gasteiger partial charge in [-0.2, -0.15) is 0 Å². The van der Waals surface area contributed by atoms with Crippen LogP contribution in [-0.2, 0) is 15.6 Å². The van der Waals surface area contributed by atoms with Crippen LogP contribution in [0.4, 0.5) is 5.69 Å². The summed E-state index contributed by atoms with van der Waals surface area (Å²) < 4.78 is 27.8. The fourth-order valence-electron chi connectivity index (χ4n) is 2.37. The molecule has 0 bridgehead atoms. The van der Waals surface area contributed by atoms with Crippen molar-refractivity contribution in [2.24, 2.45) is 0 Å². The van der Waals surface area contributed by atoms with Gasteiger partial charge in [0.15, 0.2) is 22.0 Å². The SMILES string of the molecule is CS(=O)(=O)Cc1ccc(C(=O)Nc2cccc(-c3cnco3)c2)cc1. The Morgan fingerprint density at radius 2 is 1.92 bits per heavy atom. The van der Waals surface area contributed by atoms with Crippen molar-refractivity contribution in [2.45, 2.75) is 5.75 Å². The maximum absolute atomic E-state index is 12.3. The quantitative estimate of drug-likeness (QED) is 0.758. The molecule has 0 radical (unpaired) electrons. The summed E-state index contributed by atoms with van der Waals surface area (Å²) in [6.07, 6.45) is 4.12. The van der Waals surface area contributed by atoms with Crippen LogP contribution < -0.4 is 5.32 Å². The first-order chi connectivity index (χ1) is 11.9. The Hall–Kier alpha value is -2.93. The van der Waals surface area contributed by atoms with Crippen LogP contribution in [0.5, 0.6) is 0 Å². The van der Waals surface area contributed by atoms with Crippen molar-refractivity contribution in [3.05, 3.63) is 72.2 Å². The van der Waals surface area contributed by atoms with Gasteiger partial charge < -0.3 is 9.73 Å². The monoisotopic (exact) mass is 356 g/mol. The first-order valence-electron chi connectivity index (χ1n) is 7.48.